The predicted molar refractivity (Wildman–Crippen MR) is 97.0 cm³/mol. The Balaban J connectivity index is 1.65. The van der Waals surface area contributed by atoms with Crippen LogP contribution in [0.3, 0.4) is 0 Å². The van der Waals surface area contributed by atoms with E-state index in [1.165, 1.54) is 12.1 Å². The van der Waals surface area contributed by atoms with Gasteiger partial charge in [-0.25, -0.2) is 4.39 Å². The number of carbonyl (C=O) groups excluding carboxylic acids is 1. The highest BCUT2D eigenvalue weighted by atomic mass is 19.1. The Morgan fingerprint density at radius 2 is 1.77 bits per heavy atom. The maximum absolute atomic E-state index is 13.0. The van der Waals surface area contributed by atoms with Gasteiger partial charge in [0, 0.05) is 18.7 Å². The first-order valence-electron chi connectivity index (χ1n) is 8.46. The standard InChI is InChI=1S/C21H20FNO3/c1-2-25-14-17-6-4-3-5-16(17)13-23-21(24)20-12-11-19(26-20)15-7-9-18(22)10-8-15/h3-12H,2,13-14H2,1H3,(H,23,24). The number of hydrogen-bond donors (Lipinski definition) is 1. The van der Waals surface area contributed by atoms with Crippen LogP contribution >= 0.6 is 0 Å². The fraction of sp³-hybridized carbons (Fsp3) is 0.190. The number of carbonyl (C=O) groups is 1. The van der Waals surface area contributed by atoms with Crippen molar-refractivity contribution in [1.29, 1.82) is 0 Å². The molecule has 1 N–H and O–H groups in total. The summed E-state index contributed by atoms with van der Waals surface area (Å²) in [5.74, 6) is 0.118. The van der Waals surface area contributed by atoms with E-state index in [4.69, 9.17) is 9.15 Å². The van der Waals surface area contributed by atoms with Crippen LogP contribution in [0.2, 0.25) is 0 Å². The minimum atomic E-state index is -0.316. The van der Waals surface area contributed by atoms with Crippen LogP contribution in [0.5, 0.6) is 0 Å². The molecule has 0 radical (unpaired) electrons. The van der Waals surface area contributed by atoms with E-state index in [2.05, 4.69) is 5.32 Å². The van der Waals surface area contributed by atoms with Crippen LogP contribution in [0.1, 0.15) is 28.6 Å². The van der Waals surface area contributed by atoms with E-state index < -0.39 is 0 Å². The molecule has 0 spiro atoms. The molecular weight excluding hydrogens is 333 g/mol. The zero-order valence-electron chi connectivity index (χ0n) is 14.5. The van der Waals surface area contributed by atoms with E-state index in [-0.39, 0.29) is 17.5 Å². The Morgan fingerprint density at radius 3 is 2.50 bits per heavy atom. The molecule has 2 aromatic carbocycles. The summed E-state index contributed by atoms with van der Waals surface area (Å²) < 4.78 is 24.1. The van der Waals surface area contributed by atoms with Gasteiger partial charge in [0.1, 0.15) is 11.6 Å². The lowest BCUT2D eigenvalue weighted by molar-refractivity contribution is 0.0923. The highest BCUT2D eigenvalue weighted by Crippen LogP contribution is 2.22. The smallest absolute Gasteiger partial charge is 0.287 e. The second-order valence-corrected chi connectivity index (χ2v) is 5.76. The lowest BCUT2D eigenvalue weighted by Gasteiger charge is -2.10. The molecule has 0 fully saturated rings. The molecule has 1 heterocycles. The molecule has 0 aliphatic heterocycles. The minimum absolute atomic E-state index is 0.214. The van der Waals surface area contributed by atoms with Crippen LogP contribution in [0.4, 0.5) is 4.39 Å². The topological polar surface area (TPSA) is 51.5 Å². The molecule has 0 atom stereocenters. The molecule has 26 heavy (non-hydrogen) atoms. The first-order chi connectivity index (χ1) is 12.7. The van der Waals surface area contributed by atoms with Gasteiger partial charge in [0.15, 0.2) is 5.76 Å². The molecule has 0 saturated carbocycles. The van der Waals surface area contributed by atoms with Gasteiger partial charge in [0.05, 0.1) is 6.61 Å². The van der Waals surface area contributed by atoms with Gasteiger partial charge in [-0.3, -0.25) is 4.79 Å². The van der Waals surface area contributed by atoms with Gasteiger partial charge >= 0.3 is 0 Å². The molecular formula is C21H20FNO3. The Kier molecular flexibility index (Phi) is 5.81. The van der Waals surface area contributed by atoms with E-state index in [0.717, 1.165) is 11.1 Å². The van der Waals surface area contributed by atoms with Gasteiger partial charge in [0.25, 0.3) is 5.91 Å². The largest absolute Gasteiger partial charge is 0.451 e. The van der Waals surface area contributed by atoms with Crippen molar-refractivity contribution in [3.8, 4) is 11.3 Å². The van der Waals surface area contributed by atoms with Crippen LogP contribution in [0, 0.1) is 5.82 Å². The summed E-state index contributed by atoms with van der Waals surface area (Å²) in [7, 11) is 0. The third-order valence-corrected chi connectivity index (χ3v) is 3.98. The van der Waals surface area contributed by atoms with E-state index in [1.807, 2.05) is 31.2 Å². The predicted octanol–water partition coefficient (Wildman–Crippen LogP) is 4.55. The summed E-state index contributed by atoms with van der Waals surface area (Å²) in [5, 5.41) is 2.86. The molecule has 1 aromatic heterocycles. The van der Waals surface area contributed by atoms with Crippen molar-refractivity contribution in [3.05, 3.63) is 83.4 Å². The maximum Gasteiger partial charge on any atom is 0.287 e. The van der Waals surface area contributed by atoms with Crippen molar-refractivity contribution in [2.45, 2.75) is 20.1 Å². The van der Waals surface area contributed by atoms with E-state index >= 15 is 0 Å². The average molecular weight is 353 g/mol. The lowest BCUT2D eigenvalue weighted by atomic mass is 10.1. The molecule has 1 amide bonds. The molecule has 5 heteroatoms. The third-order valence-electron chi connectivity index (χ3n) is 3.98. The van der Waals surface area contributed by atoms with E-state index in [1.54, 1.807) is 24.3 Å². The molecule has 0 aliphatic rings. The van der Waals surface area contributed by atoms with Crippen molar-refractivity contribution in [2.24, 2.45) is 0 Å². The fourth-order valence-electron chi connectivity index (χ4n) is 2.57. The monoisotopic (exact) mass is 353 g/mol. The first-order valence-corrected chi connectivity index (χ1v) is 8.46. The number of halogens is 1. The second-order valence-electron chi connectivity index (χ2n) is 5.76. The van der Waals surface area contributed by atoms with Crippen LogP contribution in [-0.4, -0.2) is 12.5 Å². The summed E-state index contributed by atoms with van der Waals surface area (Å²) in [6, 6.07) is 17.1. The van der Waals surface area contributed by atoms with Crippen molar-refractivity contribution in [2.75, 3.05) is 6.61 Å². The molecule has 0 aliphatic carbocycles. The van der Waals surface area contributed by atoms with Crippen LogP contribution in [0.15, 0.2) is 65.1 Å². The summed E-state index contributed by atoms with van der Waals surface area (Å²) in [5.41, 5.74) is 2.76. The second kappa shape index (κ2) is 8.45. The van der Waals surface area contributed by atoms with Gasteiger partial charge in [-0.15, -0.1) is 0 Å². The van der Waals surface area contributed by atoms with Crippen molar-refractivity contribution < 1.29 is 18.3 Å². The normalized spacial score (nSPS) is 10.7. The van der Waals surface area contributed by atoms with Crippen molar-refractivity contribution >= 4 is 5.91 Å². The SMILES string of the molecule is CCOCc1ccccc1CNC(=O)c1ccc(-c2ccc(F)cc2)o1. The molecule has 4 nitrogen and oxygen atoms in total. The zero-order chi connectivity index (χ0) is 18.4. The number of furan rings is 1. The summed E-state index contributed by atoms with van der Waals surface area (Å²) in [4.78, 5) is 12.3. The highest BCUT2D eigenvalue weighted by molar-refractivity contribution is 5.92. The van der Waals surface area contributed by atoms with Gasteiger partial charge < -0.3 is 14.5 Å². The number of benzene rings is 2. The van der Waals surface area contributed by atoms with Crippen LogP contribution < -0.4 is 5.32 Å². The molecule has 0 unspecified atom stereocenters. The van der Waals surface area contributed by atoms with Gasteiger partial charge in [-0.05, 0) is 54.4 Å². The van der Waals surface area contributed by atoms with Crippen molar-refractivity contribution in [3.63, 3.8) is 0 Å². The quantitative estimate of drug-likeness (QED) is 0.678. The molecule has 134 valence electrons. The number of hydrogen-bond acceptors (Lipinski definition) is 3. The van der Waals surface area contributed by atoms with E-state index in [9.17, 15) is 9.18 Å². The molecule has 0 saturated heterocycles. The summed E-state index contributed by atoms with van der Waals surface area (Å²) in [6.45, 7) is 3.48. The third kappa shape index (κ3) is 4.37. The summed E-state index contributed by atoms with van der Waals surface area (Å²) >= 11 is 0. The number of nitrogens with one attached hydrogen (secondary N) is 1. The summed E-state index contributed by atoms with van der Waals surface area (Å²) in [6.07, 6.45) is 0. The maximum atomic E-state index is 13.0. The average Bonchev–Trinajstić information content (AvgIpc) is 3.16. The minimum Gasteiger partial charge on any atom is -0.451 e. The van der Waals surface area contributed by atoms with Crippen LogP contribution in [0.25, 0.3) is 11.3 Å². The Morgan fingerprint density at radius 1 is 1.04 bits per heavy atom. The fourth-order valence-corrected chi connectivity index (χ4v) is 2.57. The molecule has 0 bridgehead atoms. The number of amides is 1. The molecule has 3 aromatic rings. The Hall–Kier alpha value is -2.92. The van der Waals surface area contributed by atoms with Gasteiger partial charge in [-0.1, -0.05) is 24.3 Å². The number of ether oxygens (including phenoxy) is 1. The zero-order valence-corrected chi connectivity index (χ0v) is 14.5. The van der Waals surface area contributed by atoms with Crippen LogP contribution in [-0.2, 0) is 17.9 Å². The Bertz CT molecular complexity index is 871. The van der Waals surface area contributed by atoms with Gasteiger partial charge in [0.2, 0.25) is 0 Å². The van der Waals surface area contributed by atoms with Crippen molar-refractivity contribution in [1.82, 2.24) is 5.32 Å². The Labute approximate surface area is 151 Å². The number of rotatable bonds is 7. The molecule has 3 rings (SSSR count). The first kappa shape index (κ1) is 17.9. The van der Waals surface area contributed by atoms with E-state index in [0.29, 0.717) is 31.1 Å². The highest BCUT2D eigenvalue weighted by Gasteiger charge is 2.13. The van der Waals surface area contributed by atoms with Gasteiger partial charge in [-0.2, -0.15) is 0 Å². The lowest BCUT2D eigenvalue weighted by Crippen LogP contribution is -2.23.